The van der Waals surface area contributed by atoms with Crippen molar-refractivity contribution in [3.05, 3.63) is 66.0 Å². The minimum absolute atomic E-state index is 0.0432. The van der Waals surface area contributed by atoms with Crippen LogP contribution in [0.5, 0.6) is 0 Å². The van der Waals surface area contributed by atoms with Gasteiger partial charge < -0.3 is 15.5 Å². The Morgan fingerprint density at radius 2 is 1.88 bits per heavy atom. The van der Waals surface area contributed by atoms with Crippen molar-refractivity contribution in [2.24, 2.45) is 0 Å². The number of anilines is 1. The molecule has 2 aromatic rings. The Hall–Kier alpha value is -2.73. The zero-order chi connectivity index (χ0) is 17.6. The first-order chi connectivity index (χ1) is 12.1. The first-order valence-electron chi connectivity index (χ1n) is 8.24. The van der Waals surface area contributed by atoms with Crippen molar-refractivity contribution in [1.29, 1.82) is 0 Å². The molecule has 1 atom stereocenters. The van der Waals surface area contributed by atoms with E-state index in [1.807, 2.05) is 18.2 Å². The van der Waals surface area contributed by atoms with E-state index in [-0.39, 0.29) is 30.6 Å². The van der Waals surface area contributed by atoms with Crippen molar-refractivity contribution in [3.63, 3.8) is 0 Å². The van der Waals surface area contributed by atoms with Gasteiger partial charge in [0.25, 0.3) is 0 Å². The highest BCUT2D eigenvalue weighted by atomic mass is 19.1. The SMILES string of the molecule is O=C(CC1NCCN(Cc2ccccc2F)C1=O)Nc1ccccc1. The Balaban J connectivity index is 1.60. The highest BCUT2D eigenvalue weighted by Gasteiger charge is 2.30. The summed E-state index contributed by atoms with van der Waals surface area (Å²) in [5.74, 6) is -0.741. The monoisotopic (exact) mass is 341 g/mol. The Labute approximate surface area is 145 Å². The molecule has 25 heavy (non-hydrogen) atoms. The summed E-state index contributed by atoms with van der Waals surface area (Å²) < 4.78 is 13.8. The molecule has 2 amide bonds. The van der Waals surface area contributed by atoms with Gasteiger partial charge in [-0.25, -0.2) is 4.39 Å². The molecule has 2 N–H and O–H groups in total. The lowest BCUT2D eigenvalue weighted by Gasteiger charge is -2.33. The third-order valence-electron chi connectivity index (χ3n) is 4.15. The van der Waals surface area contributed by atoms with Gasteiger partial charge in [-0.05, 0) is 18.2 Å². The van der Waals surface area contributed by atoms with Crippen LogP contribution in [0.2, 0.25) is 0 Å². The van der Waals surface area contributed by atoms with Crippen LogP contribution in [0.1, 0.15) is 12.0 Å². The molecule has 6 heteroatoms. The molecule has 0 radical (unpaired) electrons. The average molecular weight is 341 g/mol. The molecule has 1 fully saturated rings. The van der Waals surface area contributed by atoms with Crippen LogP contribution in [0.4, 0.5) is 10.1 Å². The van der Waals surface area contributed by atoms with E-state index in [0.29, 0.717) is 24.3 Å². The number of para-hydroxylation sites is 1. The van der Waals surface area contributed by atoms with E-state index < -0.39 is 6.04 Å². The molecule has 1 saturated heterocycles. The predicted octanol–water partition coefficient (Wildman–Crippen LogP) is 2.15. The molecule has 1 heterocycles. The number of nitrogens with zero attached hydrogens (tertiary/aromatic N) is 1. The predicted molar refractivity (Wildman–Crippen MR) is 93.3 cm³/mol. The van der Waals surface area contributed by atoms with Crippen molar-refractivity contribution in [1.82, 2.24) is 10.2 Å². The number of hydrogen-bond donors (Lipinski definition) is 2. The molecule has 130 valence electrons. The van der Waals surface area contributed by atoms with E-state index in [4.69, 9.17) is 0 Å². The van der Waals surface area contributed by atoms with Crippen LogP contribution < -0.4 is 10.6 Å². The van der Waals surface area contributed by atoms with Crippen molar-refractivity contribution >= 4 is 17.5 Å². The van der Waals surface area contributed by atoms with E-state index >= 15 is 0 Å². The Morgan fingerprint density at radius 1 is 1.16 bits per heavy atom. The number of nitrogens with one attached hydrogen (secondary N) is 2. The smallest absolute Gasteiger partial charge is 0.240 e. The molecule has 0 aliphatic carbocycles. The van der Waals surface area contributed by atoms with Gasteiger partial charge in [0.2, 0.25) is 11.8 Å². The summed E-state index contributed by atoms with van der Waals surface area (Å²) in [6.45, 7) is 1.28. The number of carbonyl (C=O) groups is 2. The maximum absolute atomic E-state index is 13.8. The fourth-order valence-electron chi connectivity index (χ4n) is 2.86. The quantitative estimate of drug-likeness (QED) is 0.876. The molecule has 0 aromatic heterocycles. The van der Waals surface area contributed by atoms with Crippen LogP contribution in [-0.4, -0.2) is 35.8 Å². The maximum atomic E-state index is 13.8. The molecular formula is C19H20FN3O2. The second-order valence-electron chi connectivity index (χ2n) is 5.98. The van der Waals surface area contributed by atoms with Gasteiger partial charge in [-0.2, -0.15) is 0 Å². The molecule has 5 nitrogen and oxygen atoms in total. The summed E-state index contributed by atoms with van der Waals surface area (Å²) in [5.41, 5.74) is 1.17. The lowest BCUT2D eigenvalue weighted by Crippen LogP contribution is -2.55. The van der Waals surface area contributed by atoms with Crippen LogP contribution >= 0.6 is 0 Å². The van der Waals surface area contributed by atoms with Gasteiger partial charge in [0, 0.05) is 30.9 Å². The third-order valence-corrected chi connectivity index (χ3v) is 4.15. The van der Waals surface area contributed by atoms with Gasteiger partial charge in [0.15, 0.2) is 0 Å². The van der Waals surface area contributed by atoms with Crippen LogP contribution in [-0.2, 0) is 16.1 Å². The first-order valence-corrected chi connectivity index (χ1v) is 8.24. The number of halogens is 1. The minimum Gasteiger partial charge on any atom is -0.336 e. The fraction of sp³-hybridized carbons (Fsp3) is 0.263. The molecule has 2 aromatic carbocycles. The molecule has 0 saturated carbocycles. The van der Waals surface area contributed by atoms with Crippen molar-refractivity contribution in [2.45, 2.75) is 19.0 Å². The Kier molecular flexibility index (Phi) is 5.40. The van der Waals surface area contributed by atoms with Gasteiger partial charge in [0.05, 0.1) is 12.5 Å². The van der Waals surface area contributed by atoms with Crippen molar-refractivity contribution < 1.29 is 14.0 Å². The van der Waals surface area contributed by atoms with Crippen molar-refractivity contribution in [2.75, 3.05) is 18.4 Å². The summed E-state index contributed by atoms with van der Waals surface area (Å²) in [4.78, 5) is 26.3. The molecule has 3 rings (SSSR count). The Bertz CT molecular complexity index is 751. The molecule has 1 aliphatic rings. The normalized spacial score (nSPS) is 17.4. The highest BCUT2D eigenvalue weighted by molar-refractivity contribution is 5.95. The number of hydrogen-bond acceptors (Lipinski definition) is 3. The fourth-order valence-corrected chi connectivity index (χ4v) is 2.86. The van der Waals surface area contributed by atoms with Gasteiger partial charge in [-0.1, -0.05) is 36.4 Å². The van der Waals surface area contributed by atoms with Crippen molar-refractivity contribution in [3.8, 4) is 0 Å². The second kappa shape index (κ2) is 7.90. The third kappa shape index (κ3) is 4.42. The lowest BCUT2D eigenvalue weighted by atomic mass is 10.1. The van der Waals surface area contributed by atoms with E-state index in [1.165, 1.54) is 6.07 Å². The summed E-state index contributed by atoms with van der Waals surface area (Å²) >= 11 is 0. The molecule has 1 unspecified atom stereocenters. The first kappa shape index (κ1) is 17.1. The van der Waals surface area contributed by atoms with Crippen LogP contribution in [0.3, 0.4) is 0 Å². The number of carbonyl (C=O) groups excluding carboxylic acids is 2. The number of amides is 2. The van der Waals surface area contributed by atoms with E-state index in [2.05, 4.69) is 10.6 Å². The Morgan fingerprint density at radius 3 is 2.64 bits per heavy atom. The van der Waals surface area contributed by atoms with Gasteiger partial charge in [-0.3, -0.25) is 9.59 Å². The van der Waals surface area contributed by atoms with Gasteiger partial charge in [0.1, 0.15) is 5.82 Å². The maximum Gasteiger partial charge on any atom is 0.240 e. The number of rotatable bonds is 5. The average Bonchev–Trinajstić information content (AvgIpc) is 2.61. The van der Waals surface area contributed by atoms with Crippen LogP contribution in [0.25, 0.3) is 0 Å². The second-order valence-corrected chi connectivity index (χ2v) is 5.98. The molecule has 0 bridgehead atoms. The molecule has 0 spiro atoms. The minimum atomic E-state index is -0.593. The zero-order valence-electron chi connectivity index (χ0n) is 13.7. The molecule has 1 aliphatic heterocycles. The molecular weight excluding hydrogens is 321 g/mol. The van der Waals surface area contributed by atoms with Gasteiger partial charge >= 0.3 is 0 Å². The highest BCUT2D eigenvalue weighted by Crippen LogP contribution is 2.14. The summed E-state index contributed by atoms with van der Waals surface area (Å²) in [6, 6.07) is 14.9. The standard InChI is InChI=1S/C19H20FN3O2/c20-16-9-5-4-6-14(16)13-23-11-10-21-17(19(23)25)12-18(24)22-15-7-2-1-3-8-15/h1-9,17,21H,10-13H2,(H,22,24). The summed E-state index contributed by atoms with van der Waals surface area (Å²) in [6.07, 6.45) is 0.0432. The van der Waals surface area contributed by atoms with E-state index in [0.717, 1.165) is 0 Å². The zero-order valence-corrected chi connectivity index (χ0v) is 13.7. The van der Waals surface area contributed by atoms with Crippen LogP contribution in [0.15, 0.2) is 54.6 Å². The van der Waals surface area contributed by atoms with Crippen LogP contribution in [0, 0.1) is 5.82 Å². The van der Waals surface area contributed by atoms with E-state index in [1.54, 1.807) is 35.2 Å². The number of benzene rings is 2. The van der Waals surface area contributed by atoms with Gasteiger partial charge in [-0.15, -0.1) is 0 Å². The topological polar surface area (TPSA) is 61.4 Å². The van der Waals surface area contributed by atoms with E-state index in [9.17, 15) is 14.0 Å². The summed E-state index contributed by atoms with van der Waals surface area (Å²) in [5, 5.41) is 5.84. The lowest BCUT2D eigenvalue weighted by molar-refractivity contribution is -0.138. The number of piperazine rings is 1. The largest absolute Gasteiger partial charge is 0.336 e. The summed E-state index contributed by atoms with van der Waals surface area (Å²) in [7, 11) is 0.